The molecular weight excluding hydrogens is 270 g/mol. The first-order chi connectivity index (χ1) is 9.96. The number of nitrogens with zero attached hydrogens (tertiary/aromatic N) is 4. The van der Waals surface area contributed by atoms with Gasteiger partial charge in [-0.05, 0) is 33.6 Å². The Kier molecular flexibility index (Phi) is 5.17. The van der Waals surface area contributed by atoms with Crippen LogP contribution in [0, 0.1) is 0 Å². The zero-order valence-electron chi connectivity index (χ0n) is 13.1. The van der Waals surface area contributed by atoms with Crippen molar-refractivity contribution in [2.45, 2.75) is 51.8 Å². The second-order valence-electron chi connectivity index (χ2n) is 6.34. The normalized spacial score (nSPS) is 19.0. The average Bonchev–Trinajstić information content (AvgIpc) is 3.04. The predicted octanol–water partition coefficient (Wildman–Crippen LogP) is 1.27. The Morgan fingerprint density at radius 1 is 1.48 bits per heavy atom. The van der Waals surface area contributed by atoms with Crippen LogP contribution in [-0.2, 0) is 11.3 Å². The summed E-state index contributed by atoms with van der Waals surface area (Å²) < 4.78 is 7.24. The fourth-order valence-electron chi connectivity index (χ4n) is 2.42. The molecule has 1 saturated heterocycles. The van der Waals surface area contributed by atoms with Crippen LogP contribution in [-0.4, -0.2) is 57.3 Å². The van der Waals surface area contributed by atoms with Gasteiger partial charge in [0, 0.05) is 31.9 Å². The highest BCUT2D eigenvalue weighted by Gasteiger charge is 2.31. The summed E-state index contributed by atoms with van der Waals surface area (Å²) in [5, 5.41) is 11.0. The zero-order chi connectivity index (χ0) is 15.3. The maximum absolute atomic E-state index is 12.1. The van der Waals surface area contributed by atoms with E-state index < -0.39 is 5.60 Å². The summed E-state index contributed by atoms with van der Waals surface area (Å²) in [7, 11) is 0. The number of ether oxygens (including phenoxy) is 1. The smallest absolute Gasteiger partial charge is 0.410 e. The second kappa shape index (κ2) is 6.89. The number of nitrogens with one attached hydrogen (secondary N) is 1. The molecule has 1 aliphatic heterocycles. The maximum atomic E-state index is 12.1. The summed E-state index contributed by atoms with van der Waals surface area (Å²) in [5.41, 5.74) is -0.440. The minimum Gasteiger partial charge on any atom is -0.444 e. The Labute approximate surface area is 125 Å². The van der Waals surface area contributed by atoms with E-state index in [-0.39, 0.29) is 12.1 Å². The molecule has 21 heavy (non-hydrogen) atoms. The molecule has 7 heteroatoms. The van der Waals surface area contributed by atoms with Gasteiger partial charge in [-0.15, -0.1) is 5.10 Å². The number of rotatable bonds is 5. The molecule has 1 aliphatic rings. The summed E-state index contributed by atoms with van der Waals surface area (Å²) in [6, 6.07) is 0.218. The van der Waals surface area contributed by atoms with E-state index in [2.05, 4.69) is 15.6 Å². The van der Waals surface area contributed by atoms with Crippen molar-refractivity contribution in [1.29, 1.82) is 0 Å². The van der Waals surface area contributed by atoms with Gasteiger partial charge in [-0.25, -0.2) is 4.79 Å². The molecule has 0 saturated carbocycles. The summed E-state index contributed by atoms with van der Waals surface area (Å²) in [6.07, 6.45) is 5.36. The minimum atomic E-state index is -0.440. The third-order valence-corrected chi connectivity index (χ3v) is 3.37. The molecule has 1 aromatic rings. The van der Waals surface area contributed by atoms with Crippen molar-refractivity contribution in [3.8, 4) is 0 Å². The van der Waals surface area contributed by atoms with Crippen LogP contribution in [0.1, 0.15) is 33.6 Å². The number of aromatic nitrogens is 3. The van der Waals surface area contributed by atoms with Crippen molar-refractivity contribution in [2.75, 3.05) is 19.6 Å². The lowest BCUT2D eigenvalue weighted by atomic mass is 10.2. The van der Waals surface area contributed by atoms with Gasteiger partial charge in [-0.1, -0.05) is 5.21 Å². The van der Waals surface area contributed by atoms with Gasteiger partial charge in [-0.2, -0.15) is 0 Å². The van der Waals surface area contributed by atoms with Crippen molar-refractivity contribution in [2.24, 2.45) is 0 Å². The Balaban J connectivity index is 1.72. The van der Waals surface area contributed by atoms with Crippen LogP contribution < -0.4 is 5.32 Å². The van der Waals surface area contributed by atoms with Crippen LogP contribution in [0.3, 0.4) is 0 Å². The standard InChI is InChI=1S/C14H25N5O2/c1-14(2,3)21-13(20)19-8-4-5-12(19)11-15-6-9-18-10-7-16-17-18/h7,10,12,15H,4-6,8-9,11H2,1-3H3. The lowest BCUT2D eigenvalue weighted by Gasteiger charge is -2.28. The average molecular weight is 295 g/mol. The van der Waals surface area contributed by atoms with Crippen LogP contribution in [0.4, 0.5) is 4.79 Å². The molecule has 2 rings (SSSR count). The largest absolute Gasteiger partial charge is 0.444 e. The van der Waals surface area contributed by atoms with Gasteiger partial charge >= 0.3 is 6.09 Å². The van der Waals surface area contributed by atoms with Crippen molar-refractivity contribution in [3.05, 3.63) is 12.4 Å². The number of likely N-dealkylation sites (tertiary alicyclic amines) is 1. The molecule has 7 nitrogen and oxygen atoms in total. The third-order valence-electron chi connectivity index (χ3n) is 3.37. The topological polar surface area (TPSA) is 72.3 Å². The number of carbonyl (C=O) groups excluding carboxylic acids is 1. The van der Waals surface area contributed by atoms with E-state index in [1.165, 1.54) is 0 Å². The SMILES string of the molecule is CC(C)(C)OC(=O)N1CCCC1CNCCn1ccnn1. The van der Waals surface area contributed by atoms with Gasteiger partial charge in [0.1, 0.15) is 5.60 Å². The second-order valence-corrected chi connectivity index (χ2v) is 6.34. The van der Waals surface area contributed by atoms with Gasteiger partial charge in [-0.3, -0.25) is 4.68 Å². The summed E-state index contributed by atoms with van der Waals surface area (Å²) in [5.74, 6) is 0. The Morgan fingerprint density at radius 3 is 2.95 bits per heavy atom. The van der Waals surface area contributed by atoms with E-state index in [1.54, 1.807) is 10.9 Å². The lowest BCUT2D eigenvalue weighted by molar-refractivity contribution is 0.0226. The maximum Gasteiger partial charge on any atom is 0.410 e. The highest BCUT2D eigenvalue weighted by Crippen LogP contribution is 2.20. The molecule has 1 atom stereocenters. The van der Waals surface area contributed by atoms with E-state index in [0.717, 1.165) is 39.0 Å². The van der Waals surface area contributed by atoms with Crippen molar-refractivity contribution >= 4 is 6.09 Å². The number of carbonyl (C=O) groups is 1. The molecule has 1 unspecified atom stereocenters. The van der Waals surface area contributed by atoms with Crippen LogP contribution in [0.25, 0.3) is 0 Å². The van der Waals surface area contributed by atoms with Crippen molar-refractivity contribution < 1.29 is 9.53 Å². The van der Waals surface area contributed by atoms with Gasteiger partial charge in [0.2, 0.25) is 0 Å². The summed E-state index contributed by atoms with van der Waals surface area (Å²) in [4.78, 5) is 14.0. The molecule has 0 spiro atoms. The fourth-order valence-corrected chi connectivity index (χ4v) is 2.42. The Hall–Kier alpha value is -1.63. The Morgan fingerprint density at radius 2 is 2.29 bits per heavy atom. The van der Waals surface area contributed by atoms with Crippen molar-refractivity contribution in [3.63, 3.8) is 0 Å². The van der Waals surface area contributed by atoms with Crippen LogP contribution >= 0.6 is 0 Å². The first-order valence-corrected chi connectivity index (χ1v) is 7.50. The van der Waals surface area contributed by atoms with E-state index in [9.17, 15) is 4.79 Å². The fraction of sp³-hybridized carbons (Fsp3) is 0.786. The molecule has 2 heterocycles. The number of hydrogen-bond acceptors (Lipinski definition) is 5. The quantitative estimate of drug-likeness (QED) is 0.828. The van der Waals surface area contributed by atoms with Gasteiger partial charge < -0.3 is 15.0 Å². The third kappa shape index (κ3) is 5.00. The molecule has 1 N–H and O–H groups in total. The van der Waals surface area contributed by atoms with Gasteiger partial charge in [0.05, 0.1) is 12.7 Å². The first-order valence-electron chi connectivity index (χ1n) is 7.50. The van der Waals surface area contributed by atoms with Gasteiger partial charge in [0.25, 0.3) is 0 Å². The van der Waals surface area contributed by atoms with Crippen molar-refractivity contribution in [1.82, 2.24) is 25.2 Å². The lowest BCUT2D eigenvalue weighted by Crippen LogP contribution is -2.44. The van der Waals surface area contributed by atoms with Crippen LogP contribution in [0.5, 0.6) is 0 Å². The molecule has 1 aromatic heterocycles. The van der Waals surface area contributed by atoms with Crippen LogP contribution in [0.2, 0.25) is 0 Å². The number of hydrogen-bond donors (Lipinski definition) is 1. The number of amides is 1. The van der Waals surface area contributed by atoms with E-state index in [4.69, 9.17) is 4.74 Å². The molecule has 0 bridgehead atoms. The van der Waals surface area contributed by atoms with E-state index >= 15 is 0 Å². The van der Waals surface area contributed by atoms with E-state index in [1.807, 2.05) is 31.9 Å². The molecule has 1 amide bonds. The summed E-state index contributed by atoms with van der Waals surface area (Å²) in [6.45, 7) is 8.84. The highest BCUT2D eigenvalue weighted by atomic mass is 16.6. The van der Waals surface area contributed by atoms with Gasteiger partial charge in [0.15, 0.2) is 0 Å². The molecule has 0 radical (unpaired) electrons. The monoisotopic (exact) mass is 295 g/mol. The molecule has 0 aromatic carbocycles. The Bertz CT molecular complexity index is 441. The van der Waals surface area contributed by atoms with Crippen LogP contribution in [0.15, 0.2) is 12.4 Å². The highest BCUT2D eigenvalue weighted by molar-refractivity contribution is 5.69. The molecule has 1 fully saturated rings. The first kappa shape index (κ1) is 15.8. The van der Waals surface area contributed by atoms with E-state index in [0.29, 0.717) is 0 Å². The minimum absolute atomic E-state index is 0.205. The zero-order valence-corrected chi connectivity index (χ0v) is 13.1. The molecule has 0 aliphatic carbocycles. The molecular formula is C14H25N5O2. The molecule has 118 valence electrons. The summed E-state index contributed by atoms with van der Waals surface area (Å²) >= 11 is 0. The predicted molar refractivity (Wildman–Crippen MR) is 78.9 cm³/mol.